The summed E-state index contributed by atoms with van der Waals surface area (Å²) in [6, 6.07) is 3.65. The Bertz CT molecular complexity index is 787. The number of piperidine rings is 1. The standard InChI is InChI=1S/C23H35ClN4O3/c1-23(12-6-16-31-23)22(30)27(4)13-5-7-17-10-14-28(15-11-17)19-9-8-18(20(24)25-19)21(29)26(2)3/h8-9,17H,5-7,10-16H2,1-4H3/t23-/m0/s1. The Hall–Kier alpha value is -1.86. The first-order chi connectivity index (χ1) is 14.7. The molecule has 0 aromatic carbocycles. The molecule has 0 radical (unpaired) electrons. The molecule has 2 fully saturated rings. The van der Waals surface area contributed by atoms with E-state index in [-0.39, 0.29) is 17.0 Å². The number of likely N-dealkylation sites (N-methyl/N-ethyl adjacent to an activating group) is 1. The van der Waals surface area contributed by atoms with Gasteiger partial charge in [-0.15, -0.1) is 0 Å². The van der Waals surface area contributed by atoms with E-state index in [2.05, 4.69) is 9.88 Å². The van der Waals surface area contributed by atoms with Crippen LogP contribution in [-0.2, 0) is 9.53 Å². The molecule has 3 rings (SSSR count). The Morgan fingerprint density at radius 3 is 2.55 bits per heavy atom. The summed E-state index contributed by atoms with van der Waals surface area (Å²) in [6.45, 7) is 5.23. The highest BCUT2D eigenvalue weighted by molar-refractivity contribution is 6.32. The van der Waals surface area contributed by atoms with E-state index in [0.29, 0.717) is 18.1 Å². The summed E-state index contributed by atoms with van der Waals surface area (Å²) in [5.74, 6) is 1.45. The molecule has 31 heavy (non-hydrogen) atoms. The molecule has 2 saturated heterocycles. The highest BCUT2D eigenvalue weighted by Gasteiger charge is 2.39. The molecule has 2 aliphatic rings. The van der Waals surface area contributed by atoms with Gasteiger partial charge in [0.2, 0.25) is 0 Å². The quantitative estimate of drug-likeness (QED) is 0.595. The van der Waals surface area contributed by atoms with Crippen molar-refractivity contribution in [3.63, 3.8) is 0 Å². The third kappa shape index (κ3) is 5.69. The number of hydrogen-bond acceptors (Lipinski definition) is 5. The number of amides is 2. The third-order valence-electron chi connectivity index (χ3n) is 6.53. The molecule has 8 heteroatoms. The van der Waals surface area contributed by atoms with Crippen molar-refractivity contribution in [1.29, 1.82) is 0 Å². The number of anilines is 1. The van der Waals surface area contributed by atoms with Gasteiger partial charge in [-0.3, -0.25) is 9.59 Å². The van der Waals surface area contributed by atoms with E-state index in [0.717, 1.165) is 64.0 Å². The molecule has 7 nitrogen and oxygen atoms in total. The van der Waals surface area contributed by atoms with Crippen LogP contribution in [0.3, 0.4) is 0 Å². The van der Waals surface area contributed by atoms with Crippen molar-refractivity contribution in [2.24, 2.45) is 5.92 Å². The van der Waals surface area contributed by atoms with E-state index in [9.17, 15) is 9.59 Å². The maximum Gasteiger partial charge on any atom is 0.256 e. The summed E-state index contributed by atoms with van der Waals surface area (Å²) >= 11 is 6.27. The van der Waals surface area contributed by atoms with Crippen LogP contribution in [0.1, 0.15) is 55.8 Å². The molecular formula is C23H35ClN4O3. The first kappa shape index (κ1) is 23.8. The maximum atomic E-state index is 12.6. The molecule has 0 N–H and O–H groups in total. The molecular weight excluding hydrogens is 416 g/mol. The second-order valence-corrected chi connectivity index (χ2v) is 9.55. The van der Waals surface area contributed by atoms with Crippen molar-refractivity contribution in [3.8, 4) is 0 Å². The zero-order valence-corrected chi connectivity index (χ0v) is 20.0. The molecule has 0 unspecified atom stereocenters. The molecule has 2 aliphatic heterocycles. The van der Waals surface area contributed by atoms with Gasteiger partial charge in [-0.25, -0.2) is 4.98 Å². The highest BCUT2D eigenvalue weighted by Crippen LogP contribution is 2.29. The minimum Gasteiger partial charge on any atom is -0.365 e. The SMILES string of the molecule is CN(C)C(=O)c1ccc(N2CCC(CCCN(C)C(=O)[C@]3(C)CCCO3)CC2)nc1Cl. The number of carbonyl (C=O) groups excluding carboxylic acids is 2. The minimum absolute atomic E-state index is 0.110. The number of rotatable bonds is 7. The van der Waals surface area contributed by atoms with Crippen LogP contribution in [0.15, 0.2) is 12.1 Å². The molecule has 0 aliphatic carbocycles. The van der Waals surface area contributed by atoms with Crippen LogP contribution < -0.4 is 4.90 Å². The Labute approximate surface area is 190 Å². The molecule has 1 atom stereocenters. The van der Waals surface area contributed by atoms with E-state index in [4.69, 9.17) is 16.3 Å². The molecule has 1 aromatic rings. The Morgan fingerprint density at radius 1 is 1.26 bits per heavy atom. The summed E-state index contributed by atoms with van der Waals surface area (Å²) in [4.78, 5) is 34.8. The number of halogens is 1. The lowest BCUT2D eigenvalue weighted by Gasteiger charge is -2.33. The average molecular weight is 451 g/mol. The third-order valence-corrected chi connectivity index (χ3v) is 6.82. The maximum absolute atomic E-state index is 12.6. The average Bonchev–Trinajstić information content (AvgIpc) is 3.20. The van der Waals surface area contributed by atoms with Crippen molar-refractivity contribution >= 4 is 29.2 Å². The van der Waals surface area contributed by atoms with Gasteiger partial charge >= 0.3 is 0 Å². The number of pyridine rings is 1. The lowest BCUT2D eigenvalue weighted by molar-refractivity contribution is -0.149. The van der Waals surface area contributed by atoms with Crippen molar-refractivity contribution in [1.82, 2.24) is 14.8 Å². The Balaban J connectivity index is 1.43. The lowest BCUT2D eigenvalue weighted by Crippen LogP contribution is -2.45. The van der Waals surface area contributed by atoms with E-state index in [1.165, 1.54) is 4.90 Å². The normalized spacial score (nSPS) is 21.9. The number of carbonyl (C=O) groups is 2. The van der Waals surface area contributed by atoms with Crippen LogP contribution in [0.5, 0.6) is 0 Å². The summed E-state index contributed by atoms with van der Waals surface area (Å²) in [7, 11) is 5.29. The first-order valence-corrected chi connectivity index (χ1v) is 11.6. The lowest BCUT2D eigenvalue weighted by atomic mass is 9.92. The number of nitrogens with zero attached hydrogens (tertiary/aromatic N) is 4. The topological polar surface area (TPSA) is 66.0 Å². The molecule has 2 amide bonds. The minimum atomic E-state index is -0.624. The largest absolute Gasteiger partial charge is 0.365 e. The fraction of sp³-hybridized carbons (Fsp3) is 0.696. The Kier molecular flexibility index (Phi) is 7.81. The van der Waals surface area contributed by atoms with Gasteiger partial charge in [0.15, 0.2) is 0 Å². The molecule has 0 bridgehead atoms. The van der Waals surface area contributed by atoms with Gasteiger partial charge in [0.25, 0.3) is 11.8 Å². The van der Waals surface area contributed by atoms with Crippen molar-refractivity contribution in [3.05, 3.63) is 22.8 Å². The van der Waals surface area contributed by atoms with Gasteiger partial charge in [0.05, 0.1) is 5.56 Å². The van der Waals surface area contributed by atoms with Gasteiger partial charge in [-0.1, -0.05) is 11.6 Å². The summed E-state index contributed by atoms with van der Waals surface area (Å²) in [6.07, 6.45) is 6.09. The van der Waals surface area contributed by atoms with E-state index < -0.39 is 5.60 Å². The first-order valence-electron chi connectivity index (χ1n) is 11.2. The molecule has 172 valence electrons. The fourth-order valence-corrected chi connectivity index (χ4v) is 4.75. The highest BCUT2D eigenvalue weighted by atomic mass is 35.5. The zero-order valence-electron chi connectivity index (χ0n) is 19.2. The molecule has 1 aromatic heterocycles. The van der Waals surface area contributed by atoms with Crippen LogP contribution in [0.4, 0.5) is 5.82 Å². The fourth-order valence-electron chi connectivity index (χ4n) is 4.52. The second kappa shape index (κ2) is 10.2. The predicted molar refractivity (Wildman–Crippen MR) is 123 cm³/mol. The van der Waals surface area contributed by atoms with Crippen LogP contribution in [0.2, 0.25) is 5.15 Å². The van der Waals surface area contributed by atoms with Crippen LogP contribution in [-0.4, -0.2) is 79.6 Å². The van der Waals surface area contributed by atoms with Gasteiger partial charge in [0, 0.05) is 47.4 Å². The summed E-state index contributed by atoms with van der Waals surface area (Å²) in [5.41, 5.74) is -0.193. The van der Waals surface area contributed by atoms with E-state index in [1.54, 1.807) is 20.2 Å². The van der Waals surface area contributed by atoms with Gasteiger partial charge in [-0.2, -0.15) is 0 Å². The van der Waals surface area contributed by atoms with Crippen LogP contribution in [0, 0.1) is 5.92 Å². The van der Waals surface area contributed by atoms with Crippen LogP contribution >= 0.6 is 11.6 Å². The number of ether oxygens (including phenoxy) is 1. The Morgan fingerprint density at radius 2 is 1.97 bits per heavy atom. The van der Waals surface area contributed by atoms with Crippen molar-refractivity contribution < 1.29 is 14.3 Å². The molecule has 0 saturated carbocycles. The molecule has 3 heterocycles. The molecule has 0 spiro atoms. The monoisotopic (exact) mass is 450 g/mol. The van der Waals surface area contributed by atoms with Gasteiger partial charge in [-0.05, 0) is 63.5 Å². The van der Waals surface area contributed by atoms with E-state index >= 15 is 0 Å². The summed E-state index contributed by atoms with van der Waals surface area (Å²) in [5, 5.41) is 0.256. The predicted octanol–water partition coefficient (Wildman–Crippen LogP) is 3.46. The van der Waals surface area contributed by atoms with Crippen molar-refractivity contribution in [2.75, 3.05) is 52.3 Å². The zero-order chi connectivity index (χ0) is 22.6. The van der Waals surface area contributed by atoms with Crippen LogP contribution in [0.25, 0.3) is 0 Å². The van der Waals surface area contributed by atoms with E-state index in [1.807, 2.05) is 24.9 Å². The number of hydrogen-bond donors (Lipinski definition) is 0. The van der Waals surface area contributed by atoms with Gasteiger partial charge in [0.1, 0.15) is 16.6 Å². The number of aromatic nitrogens is 1. The second-order valence-electron chi connectivity index (χ2n) is 9.19. The summed E-state index contributed by atoms with van der Waals surface area (Å²) < 4.78 is 5.68. The van der Waals surface area contributed by atoms with Crippen molar-refractivity contribution in [2.45, 2.75) is 51.0 Å². The smallest absolute Gasteiger partial charge is 0.256 e. The van der Waals surface area contributed by atoms with Gasteiger partial charge < -0.3 is 19.4 Å².